The minimum atomic E-state index is 0.226. The number of aliphatic hydroxyl groups excluding tert-OH is 1. The van der Waals surface area contributed by atoms with Gasteiger partial charge in [0.15, 0.2) is 5.15 Å². The number of aromatic nitrogens is 2. The van der Waals surface area contributed by atoms with Crippen LogP contribution in [0.2, 0.25) is 5.15 Å². The predicted octanol–water partition coefficient (Wildman–Crippen LogP) is 0.997. The van der Waals surface area contributed by atoms with E-state index in [9.17, 15) is 0 Å². The van der Waals surface area contributed by atoms with Crippen molar-refractivity contribution >= 4 is 17.4 Å². The fourth-order valence-electron chi connectivity index (χ4n) is 2.15. The molecule has 17 heavy (non-hydrogen) atoms. The molecule has 0 amide bonds. The maximum atomic E-state index is 9.17. The second kappa shape index (κ2) is 5.62. The van der Waals surface area contributed by atoms with E-state index >= 15 is 0 Å². The number of halogens is 1. The van der Waals surface area contributed by atoms with E-state index in [0.717, 1.165) is 25.2 Å². The molecule has 2 N–H and O–H groups in total. The number of aliphatic hydroxyl groups is 1. The molecule has 2 heterocycles. The zero-order valence-electron chi connectivity index (χ0n) is 9.80. The number of piperidine rings is 1. The molecule has 2 rings (SSSR count). The molecule has 0 unspecified atom stereocenters. The minimum Gasteiger partial charge on any atom is -0.395 e. The average molecular weight is 257 g/mol. The first kappa shape index (κ1) is 12.5. The SMILES string of the molecule is CN1C[C@H](Nc2ccc(Cl)nn2)CC[C@@H]1CO. The summed E-state index contributed by atoms with van der Waals surface area (Å²) in [6.45, 7) is 1.12. The number of hydrogen-bond donors (Lipinski definition) is 2. The molecule has 6 heteroatoms. The van der Waals surface area contributed by atoms with Gasteiger partial charge in [-0.05, 0) is 32.0 Å². The fourth-order valence-corrected chi connectivity index (χ4v) is 2.25. The van der Waals surface area contributed by atoms with Crippen LogP contribution in [0.15, 0.2) is 12.1 Å². The molecular formula is C11H17ClN4O. The Morgan fingerprint density at radius 3 is 2.88 bits per heavy atom. The summed E-state index contributed by atoms with van der Waals surface area (Å²) in [5, 5.41) is 20.7. The van der Waals surface area contributed by atoms with Gasteiger partial charge in [-0.1, -0.05) is 11.6 Å². The van der Waals surface area contributed by atoms with Crippen LogP contribution in [-0.4, -0.2) is 52.5 Å². The zero-order chi connectivity index (χ0) is 12.3. The molecule has 0 radical (unpaired) electrons. The summed E-state index contributed by atoms with van der Waals surface area (Å²) in [5.74, 6) is 0.746. The van der Waals surface area contributed by atoms with Crippen molar-refractivity contribution in [3.8, 4) is 0 Å². The third kappa shape index (κ3) is 3.28. The predicted molar refractivity (Wildman–Crippen MR) is 67.2 cm³/mol. The molecule has 5 nitrogen and oxygen atoms in total. The Morgan fingerprint density at radius 1 is 1.47 bits per heavy atom. The summed E-state index contributed by atoms with van der Waals surface area (Å²) in [4.78, 5) is 2.17. The zero-order valence-corrected chi connectivity index (χ0v) is 10.6. The van der Waals surface area contributed by atoms with Gasteiger partial charge in [-0.15, -0.1) is 10.2 Å². The average Bonchev–Trinajstić information content (AvgIpc) is 2.32. The molecular weight excluding hydrogens is 240 g/mol. The van der Waals surface area contributed by atoms with Crippen LogP contribution in [0.5, 0.6) is 0 Å². The lowest BCUT2D eigenvalue weighted by Crippen LogP contribution is -2.47. The lowest BCUT2D eigenvalue weighted by Gasteiger charge is -2.36. The third-order valence-corrected chi connectivity index (χ3v) is 3.38. The Labute approximate surface area is 106 Å². The summed E-state index contributed by atoms with van der Waals surface area (Å²) in [7, 11) is 2.03. The largest absolute Gasteiger partial charge is 0.395 e. The highest BCUT2D eigenvalue weighted by Crippen LogP contribution is 2.18. The van der Waals surface area contributed by atoms with Crippen LogP contribution in [0.1, 0.15) is 12.8 Å². The molecule has 0 spiro atoms. The van der Waals surface area contributed by atoms with Crippen LogP contribution < -0.4 is 5.32 Å². The first-order chi connectivity index (χ1) is 8.19. The van der Waals surface area contributed by atoms with Crippen molar-refractivity contribution in [2.24, 2.45) is 0 Å². The van der Waals surface area contributed by atoms with Crippen molar-refractivity contribution < 1.29 is 5.11 Å². The number of hydrogen-bond acceptors (Lipinski definition) is 5. The fraction of sp³-hybridized carbons (Fsp3) is 0.636. The van der Waals surface area contributed by atoms with Gasteiger partial charge in [-0.25, -0.2) is 0 Å². The molecule has 1 aliphatic rings. The van der Waals surface area contributed by atoms with Gasteiger partial charge in [0, 0.05) is 18.6 Å². The van der Waals surface area contributed by atoms with Gasteiger partial charge in [-0.3, -0.25) is 4.90 Å². The number of likely N-dealkylation sites (N-methyl/N-ethyl adjacent to an activating group) is 1. The molecule has 2 atom stereocenters. The van der Waals surface area contributed by atoms with Crippen molar-refractivity contribution in [3.05, 3.63) is 17.3 Å². The Morgan fingerprint density at radius 2 is 2.29 bits per heavy atom. The summed E-state index contributed by atoms with van der Waals surface area (Å²) in [5.41, 5.74) is 0. The standard InChI is InChI=1S/C11H17ClN4O/c1-16-6-8(2-3-9(16)7-17)13-11-5-4-10(12)14-15-11/h4-5,8-9,17H,2-3,6-7H2,1H3,(H,13,15)/t8-,9-/m1/s1. The van der Waals surface area contributed by atoms with Gasteiger partial charge in [0.2, 0.25) is 0 Å². The van der Waals surface area contributed by atoms with E-state index in [4.69, 9.17) is 16.7 Å². The summed E-state index contributed by atoms with van der Waals surface area (Å²) >= 11 is 5.68. The molecule has 0 aliphatic carbocycles. The third-order valence-electron chi connectivity index (χ3n) is 3.17. The molecule has 0 saturated carbocycles. The van der Waals surface area contributed by atoms with Gasteiger partial charge in [0.25, 0.3) is 0 Å². The smallest absolute Gasteiger partial charge is 0.151 e. The van der Waals surface area contributed by atoms with Crippen molar-refractivity contribution in [2.45, 2.75) is 24.9 Å². The molecule has 1 saturated heterocycles. The van der Waals surface area contributed by atoms with E-state index < -0.39 is 0 Å². The molecule has 0 aromatic carbocycles. The maximum absolute atomic E-state index is 9.17. The highest BCUT2D eigenvalue weighted by Gasteiger charge is 2.24. The number of nitrogens with one attached hydrogen (secondary N) is 1. The highest BCUT2D eigenvalue weighted by molar-refractivity contribution is 6.29. The minimum absolute atomic E-state index is 0.226. The number of likely N-dealkylation sites (tertiary alicyclic amines) is 1. The van der Waals surface area contributed by atoms with Crippen molar-refractivity contribution in [2.75, 3.05) is 25.5 Å². The quantitative estimate of drug-likeness (QED) is 0.845. The summed E-state index contributed by atoms with van der Waals surface area (Å²) < 4.78 is 0. The van der Waals surface area contributed by atoms with Gasteiger partial charge in [-0.2, -0.15) is 0 Å². The van der Waals surface area contributed by atoms with Crippen LogP contribution >= 0.6 is 11.6 Å². The second-order valence-corrected chi connectivity index (χ2v) is 4.82. The van der Waals surface area contributed by atoms with E-state index in [1.807, 2.05) is 13.1 Å². The number of anilines is 1. The molecule has 1 aromatic heterocycles. The second-order valence-electron chi connectivity index (χ2n) is 4.44. The van der Waals surface area contributed by atoms with Crippen LogP contribution in [-0.2, 0) is 0 Å². The first-order valence-corrected chi connectivity index (χ1v) is 6.13. The number of nitrogens with zero attached hydrogens (tertiary/aromatic N) is 3. The van der Waals surface area contributed by atoms with E-state index in [-0.39, 0.29) is 12.6 Å². The molecule has 94 valence electrons. The Bertz CT molecular complexity index is 359. The topological polar surface area (TPSA) is 61.3 Å². The van der Waals surface area contributed by atoms with E-state index in [0.29, 0.717) is 11.2 Å². The van der Waals surface area contributed by atoms with Crippen LogP contribution in [0.25, 0.3) is 0 Å². The molecule has 1 fully saturated rings. The van der Waals surface area contributed by atoms with Crippen molar-refractivity contribution in [1.82, 2.24) is 15.1 Å². The van der Waals surface area contributed by atoms with E-state index in [2.05, 4.69) is 20.4 Å². The summed E-state index contributed by atoms with van der Waals surface area (Å²) in [6, 6.07) is 4.18. The summed E-state index contributed by atoms with van der Waals surface area (Å²) in [6.07, 6.45) is 2.02. The molecule has 1 aliphatic heterocycles. The molecule has 1 aromatic rings. The normalized spacial score (nSPS) is 25.8. The monoisotopic (exact) mass is 256 g/mol. The molecule has 0 bridgehead atoms. The van der Waals surface area contributed by atoms with Gasteiger partial charge >= 0.3 is 0 Å². The van der Waals surface area contributed by atoms with Gasteiger partial charge < -0.3 is 10.4 Å². The Kier molecular flexibility index (Phi) is 4.15. The Hall–Kier alpha value is -0.910. The van der Waals surface area contributed by atoms with Crippen molar-refractivity contribution in [1.29, 1.82) is 0 Å². The van der Waals surface area contributed by atoms with Crippen LogP contribution in [0.3, 0.4) is 0 Å². The first-order valence-electron chi connectivity index (χ1n) is 5.76. The number of rotatable bonds is 3. The van der Waals surface area contributed by atoms with Crippen LogP contribution in [0, 0.1) is 0 Å². The van der Waals surface area contributed by atoms with E-state index in [1.54, 1.807) is 6.07 Å². The lowest BCUT2D eigenvalue weighted by atomic mass is 9.99. The van der Waals surface area contributed by atoms with Gasteiger partial charge in [0.1, 0.15) is 5.82 Å². The van der Waals surface area contributed by atoms with Gasteiger partial charge in [0.05, 0.1) is 6.61 Å². The highest BCUT2D eigenvalue weighted by atomic mass is 35.5. The van der Waals surface area contributed by atoms with Crippen molar-refractivity contribution in [3.63, 3.8) is 0 Å². The van der Waals surface area contributed by atoms with E-state index in [1.165, 1.54) is 0 Å². The lowest BCUT2D eigenvalue weighted by molar-refractivity contribution is 0.108. The maximum Gasteiger partial charge on any atom is 0.151 e. The van der Waals surface area contributed by atoms with Crippen LogP contribution in [0.4, 0.5) is 5.82 Å². The Balaban J connectivity index is 1.90.